The highest BCUT2D eigenvalue weighted by atomic mass is 32.2. The average Bonchev–Trinajstić information content (AvgIpc) is 3.29. The van der Waals surface area contributed by atoms with Gasteiger partial charge in [-0.25, -0.2) is 12.8 Å². The summed E-state index contributed by atoms with van der Waals surface area (Å²) in [7, 11) is -3.76. The molecule has 1 aliphatic heterocycles. The molecular formula is C19H21FN2O5S. The minimum absolute atomic E-state index is 0.0119. The Hall–Kier alpha value is -2.26. The first-order valence-electron chi connectivity index (χ1n) is 9.24. The number of rotatable bonds is 4. The molecule has 1 aromatic carbocycles. The third-order valence-electron chi connectivity index (χ3n) is 6.03. The molecule has 3 aliphatic rings. The molecule has 0 unspecified atom stereocenters. The molecule has 1 amide bonds. The molecule has 1 N–H and O–H groups in total. The molecule has 2 aliphatic carbocycles. The van der Waals surface area contributed by atoms with Gasteiger partial charge >= 0.3 is 5.97 Å². The van der Waals surface area contributed by atoms with Crippen molar-refractivity contribution < 1.29 is 27.5 Å². The Bertz CT molecular complexity index is 922. The number of carboxylic acids is 1. The van der Waals surface area contributed by atoms with Gasteiger partial charge in [-0.1, -0.05) is 12.2 Å². The molecule has 2 fully saturated rings. The molecule has 4 rings (SSSR count). The summed E-state index contributed by atoms with van der Waals surface area (Å²) in [5, 5.41) is 9.53. The molecule has 7 nitrogen and oxygen atoms in total. The van der Waals surface area contributed by atoms with Crippen LogP contribution in [0.5, 0.6) is 0 Å². The van der Waals surface area contributed by atoms with Crippen LogP contribution in [-0.2, 0) is 19.6 Å². The van der Waals surface area contributed by atoms with Gasteiger partial charge in [-0.2, -0.15) is 4.31 Å². The number of aliphatic carboxylic acids is 1. The van der Waals surface area contributed by atoms with Gasteiger partial charge in [-0.05, 0) is 42.5 Å². The van der Waals surface area contributed by atoms with E-state index in [4.69, 9.17) is 0 Å². The topological polar surface area (TPSA) is 95.0 Å². The summed E-state index contributed by atoms with van der Waals surface area (Å²) in [5.41, 5.74) is 0. The number of hydrogen-bond donors (Lipinski definition) is 1. The summed E-state index contributed by atoms with van der Waals surface area (Å²) in [6.07, 6.45) is 4.51. The highest BCUT2D eigenvalue weighted by Gasteiger charge is 2.52. The summed E-state index contributed by atoms with van der Waals surface area (Å²) >= 11 is 0. The van der Waals surface area contributed by atoms with E-state index in [0.29, 0.717) is 6.42 Å². The van der Waals surface area contributed by atoms with Crippen molar-refractivity contribution in [1.82, 2.24) is 9.21 Å². The van der Waals surface area contributed by atoms with Gasteiger partial charge in [0.2, 0.25) is 15.9 Å². The number of hydrogen-bond acceptors (Lipinski definition) is 4. The summed E-state index contributed by atoms with van der Waals surface area (Å²) in [6.45, 7) is 0.673. The van der Waals surface area contributed by atoms with Gasteiger partial charge in [-0.15, -0.1) is 0 Å². The van der Waals surface area contributed by atoms with E-state index < -0.39 is 33.6 Å². The Morgan fingerprint density at radius 1 is 0.964 bits per heavy atom. The molecule has 2 bridgehead atoms. The molecule has 9 heteroatoms. The molecular weight excluding hydrogens is 387 g/mol. The lowest BCUT2D eigenvalue weighted by Gasteiger charge is -2.37. The summed E-state index contributed by atoms with van der Waals surface area (Å²) in [5.74, 6) is -3.11. The fourth-order valence-electron chi connectivity index (χ4n) is 4.61. The van der Waals surface area contributed by atoms with Crippen LogP contribution in [0.15, 0.2) is 41.3 Å². The Kier molecular flexibility index (Phi) is 4.75. The largest absolute Gasteiger partial charge is 0.481 e. The van der Waals surface area contributed by atoms with Crippen molar-refractivity contribution in [2.24, 2.45) is 23.7 Å². The van der Waals surface area contributed by atoms with E-state index in [1.54, 1.807) is 4.90 Å². The lowest BCUT2D eigenvalue weighted by atomic mass is 9.82. The number of halogens is 1. The van der Waals surface area contributed by atoms with Gasteiger partial charge in [0.15, 0.2) is 0 Å². The number of nitrogens with zero attached hydrogens (tertiary/aromatic N) is 2. The average molecular weight is 408 g/mol. The lowest BCUT2D eigenvalue weighted by Crippen LogP contribution is -2.53. The maximum absolute atomic E-state index is 13.1. The van der Waals surface area contributed by atoms with Crippen LogP contribution in [0, 0.1) is 29.5 Å². The first kappa shape index (κ1) is 19.1. The fraction of sp³-hybridized carbons (Fsp3) is 0.474. The Balaban J connectivity index is 1.44. The molecule has 150 valence electrons. The molecule has 1 saturated heterocycles. The second-order valence-corrected chi connectivity index (χ2v) is 9.46. The highest BCUT2D eigenvalue weighted by Crippen LogP contribution is 2.48. The van der Waals surface area contributed by atoms with E-state index in [2.05, 4.69) is 0 Å². The van der Waals surface area contributed by atoms with Gasteiger partial charge in [0.1, 0.15) is 5.82 Å². The van der Waals surface area contributed by atoms with E-state index in [1.165, 1.54) is 16.4 Å². The van der Waals surface area contributed by atoms with Crippen molar-refractivity contribution in [1.29, 1.82) is 0 Å². The van der Waals surface area contributed by atoms with Crippen molar-refractivity contribution in [3.8, 4) is 0 Å². The SMILES string of the molecule is O=C(O)[C@@H]1[C@@H](C(=O)N2CCN(S(=O)(=O)c3ccc(F)cc3)CC2)[C@H]2C=C[C@H]1C2. The number of amides is 1. The van der Waals surface area contributed by atoms with Crippen molar-refractivity contribution in [2.75, 3.05) is 26.2 Å². The number of sulfonamides is 1. The number of carbonyl (C=O) groups is 2. The van der Waals surface area contributed by atoms with Crippen LogP contribution in [0.1, 0.15) is 6.42 Å². The van der Waals surface area contributed by atoms with E-state index in [1.807, 2.05) is 12.2 Å². The zero-order valence-electron chi connectivity index (χ0n) is 15.1. The van der Waals surface area contributed by atoms with E-state index in [-0.39, 0.29) is 48.8 Å². The van der Waals surface area contributed by atoms with Crippen LogP contribution in [0.4, 0.5) is 4.39 Å². The number of carboxylic acid groups (broad SMARTS) is 1. The zero-order valence-corrected chi connectivity index (χ0v) is 15.9. The summed E-state index contributed by atoms with van der Waals surface area (Å²) in [4.78, 5) is 26.2. The number of carbonyl (C=O) groups excluding carboxylic acids is 1. The van der Waals surface area contributed by atoms with Crippen LogP contribution in [0.3, 0.4) is 0 Å². The van der Waals surface area contributed by atoms with Crippen molar-refractivity contribution in [3.05, 3.63) is 42.2 Å². The van der Waals surface area contributed by atoms with Crippen molar-refractivity contribution in [3.63, 3.8) is 0 Å². The number of fused-ring (bicyclic) bond motifs is 2. The number of piperazine rings is 1. The van der Waals surface area contributed by atoms with E-state index in [0.717, 1.165) is 12.1 Å². The van der Waals surface area contributed by atoms with Gasteiger partial charge in [0.05, 0.1) is 16.7 Å². The first-order chi connectivity index (χ1) is 13.3. The molecule has 1 saturated carbocycles. The van der Waals surface area contributed by atoms with Gasteiger partial charge in [0, 0.05) is 26.2 Å². The first-order valence-corrected chi connectivity index (χ1v) is 10.7. The fourth-order valence-corrected chi connectivity index (χ4v) is 6.03. The van der Waals surface area contributed by atoms with Gasteiger partial charge in [-0.3, -0.25) is 9.59 Å². The zero-order chi connectivity index (χ0) is 20.1. The van der Waals surface area contributed by atoms with E-state index in [9.17, 15) is 27.5 Å². The second kappa shape index (κ2) is 6.97. The normalized spacial score (nSPS) is 30.0. The molecule has 0 radical (unpaired) electrons. The van der Waals surface area contributed by atoms with Crippen LogP contribution in [-0.4, -0.2) is 60.8 Å². The third kappa shape index (κ3) is 3.12. The van der Waals surface area contributed by atoms with Crippen molar-refractivity contribution in [2.45, 2.75) is 11.3 Å². The monoisotopic (exact) mass is 408 g/mol. The second-order valence-electron chi connectivity index (χ2n) is 7.52. The van der Waals surface area contributed by atoms with Crippen LogP contribution < -0.4 is 0 Å². The highest BCUT2D eigenvalue weighted by molar-refractivity contribution is 7.89. The minimum atomic E-state index is -3.76. The van der Waals surface area contributed by atoms with Gasteiger partial charge < -0.3 is 10.0 Å². The standard InChI is InChI=1S/C19H21FN2O5S/c20-14-3-5-15(6-4-14)28(26,27)22-9-7-21(8-10-22)18(23)16-12-1-2-13(11-12)17(16)19(24)25/h1-6,12-13,16-17H,7-11H2,(H,24,25)/t12-,13-,16-,17-/m0/s1. The molecule has 0 aromatic heterocycles. The third-order valence-corrected chi connectivity index (χ3v) is 7.94. The number of allylic oxidation sites excluding steroid dienone is 2. The van der Waals surface area contributed by atoms with Gasteiger partial charge in [0.25, 0.3) is 0 Å². The minimum Gasteiger partial charge on any atom is -0.481 e. The molecule has 0 spiro atoms. The van der Waals surface area contributed by atoms with Crippen LogP contribution >= 0.6 is 0 Å². The smallest absolute Gasteiger partial charge is 0.307 e. The number of benzene rings is 1. The summed E-state index contributed by atoms with van der Waals surface area (Å²) in [6, 6.07) is 4.64. The Morgan fingerprint density at radius 3 is 2.11 bits per heavy atom. The van der Waals surface area contributed by atoms with Crippen LogP contribution in [0.2, 0.25) is 0 Å². The Morgan fingerprint density at radius 2 is 1.54 bits per heavy atom. The predicted molar refractivity (Wildman–Crippen MR) is 97.1 cm³/mol. The lowest BCUT2D eigenvalue weighted by molar-refractivity contribution is -0.151. The Labute approximate surface area is 162 Å². The van der Waals surface area contributed by atoms with E-state index >= 15 is 0 Å². The van der Waals surface area contributed by atoms with Crippen LogP contribution in [0.25, 0.3) is 0 Å². The molecule has 1 aromatic rings. The molecule has 4 atom stereocenters. The predicted octanol–water partition coefficient (Wildman–Crippen LogP) is 1.18. The molecule has 1 heterocycles. The maximum Gasteiger partial charge on any atom is 0.307 e. The molecule has 28 heavy (non-hydrogen) atoms. The van der Waals surface area contributed by atoms with Crippen molar-refractivity contribution >= 4 is 21.9 Å². The maximum atomic E-state index is 13.1. The summed E-state index contributed by atoms with van der Waals surface area (Å²) < 4.78 is 39.7. The quantitative estimate of drug-likeness (QED) is 0.755.